The van der Waals surface area contributed by atoms with Crippen molar-refractivity contribution < 1.29 is 9.84 Å². The second kappa shape index (κ2) is 3.67. The van der Waals surface area contributed by atoms with E-state index in [1.165, 1.54) is 0 Å². The summed E-state index contributed by atoms with van der Waals surface area (Å²) in [6.07, 6.45) is 0.853. The smallest absolute Gasteiger partial charge is 0.125 e. The molecule has 0 aliphatic heterocycles. The van der Waals surface area contributed by atoms with E-state index in [9.17, 15) is 5.11 Å². The lowest BCUT2D eigenvalue weighted by atomic mass is 9.70. The number of hydrogen-bond acceptors (Lipinski definition) is 3. The number of aliphatic hydroxyl groups is 1. The zero-order valence-electron chi connectivity index (χ0n) is 8.53. The second-order valence-electron chi connectivity index (χ2n) is 4.06. The third-order valence-electron chi connectivity index (χ3n) is 2.90. The molecule has 3 N–H and O–H groups in total. The number of aliphatic hydroxyl groups excluding tert-OH is 1. The molecule has 1 aliphatic carbocycles. The fourth-order valence-electron chi connectivity index (χ4n) is 2.08. The number of nitrogens with two attached hydrogens (primary N) is 1. The molecule has 1 aromatic rings. The molecule has 0 radical (unpaired) electrons. The monoisotopic (exact) mass is 227 g/mol. The molecule has 1 aromatic carbocycles. The highest BCUT2D eigenvalue weighted by Crippen LogP contribution is 2.43. The Morgan fingerprint density at radius 2 is 2.20 bits per heavy atom. The van der Waals surface area contributed by atoms with E-state index in [-0.39, 0.29) is 6.10 Å². The maximum atomic E-state index is 9.32. The average Bonchev–Trinajstić information content (AvgIpc) is 2.15. The van der Waals surface area contributed by atoms with E-state index in [0.29, 0.717) is 23.6 Å². The molecule has 0 aromatic heterocycles. The number of ether oxygens (including phenoxy) is 1. The van der Waals surface area contributed by atoms with E-state index in [2.05, 4.69) is 0 Å². The largest absolute Gasteiger partial charge is 0.496 e. The van der Waals surface area contributed by atoms with Crippen molar-refractivity contribution in [3.8, 4) is 5.75 Å². The van der Waals surface area contributed by atoms with E-state index in [1.807, 2.05) is 6.07 Å². The van der Waals surface area contributed by atoms with E-state index < -0.39 is 5.54 Å². The van der Waals surface area contributed by atoms with Gasteiger partial charge in [0.2, 0.25) is 0 Å². The lowest BCUT2D eigenvalue weighted by Crippen LogP contribution is -2.51. The molecule has 1 saturated carbocycles. The van der Waals surface area contributed by atoms with Crippen molar-refractivity contribution in [2.45, 2.75) is 24.5 Å². The first-order valence-corrected chi connectivity index (χ1v) is 5.24. The van der Waals surface area contributed by atoms with Gasteiger partial charge in [0.05, 0.1) is 13.2 Å². The summed E-state index contributed by atoms with van der Waals surface area (Å²) in [6.45, 7) is 0. The summed E-state index contributed by atoms with van der Waals surface area (Å²) in [6, 6.07) is 5.40. The Morgan fingerprint density at radius 1 is 1.53 bits per heavy atom. The van der Waals surface area contributed by atoms with Crippen LogP contribution in [-0.4, -0.2) is 18.3 Å². The molecule has 0 spiro atoms. The van der Waals surface area contributed by atoms with Crippen molar-refractivity contribution in [3.63, 3.8) is 0 Å². The van der Waals surface area contributed by atoms with Crippen LogP contribution in [0.1, 0.15) is 18.4 Å². The molecule has 1 aliphatic rings. The second-order valence-corrected chi connectivity index (χ2v) is 4.50. The first-order chi connectivity index (χ1) is 7.05. The Morgan fingerprint density at radius 3 is 2.73 bits per heavy atom. The maximum Gasteiger partial charge on any atom is 0.125 e. The van der Waals surface area contributed by atoms with Gasteiger partial charge in [-0.25, -0.2) is 0 Å². The van der Waals surface area contributed by atoms with Gasteiger partial charge in [0.1, 0.15) is 5.75 Å². The summed E-state index contributed by atoms with van der Waals surface area (Å²) in [4.78, 5) is 0. The molecule has 0 heterocycles. The Balaban J connectivity index is 2.36. The maximum absolute atomic E-state index is 9.32. The summed E-state index contributed by atoms with van der Waals surface area (Å²) in [7, 11) is 1.59. The van der Waals surface area contributed by atoms with E-state index in [1.54, 1.807) is 19.2 Å². The summed E-state index contributed by atoms with van der Waals surface area (Å²) in [5.41, 5.74) is 6.61. The van der Waals surface area contributed by atoms with Gasteiger partial charge in [-0.3, -0.25) is 0 Å². The molecule has 0 amide bonds. The van der Waals surface area contributed by atoms with Crippen LogP contribution in [0.3, 0.4) is 0 Å². The van der Waals surface area contributed by atoms with Crippen molar-refractivity contribution in [2.75, 3.05) is 7.11 Å². The van der Waals surface area contributed by atoms with Gasteiger partial charge in [-0.2, -0.15) is 0 Å². The van der Waals surface area contributed by atoms with E-state index in [0.717, 1.165) is 5.56 Å². The molecular weight excluding hydrogens is 214 g/mol. The normalized spacial score (nSPS) is 29.7. The van der Waals surface area contributed by atoms with Gasteiger partial charge >= 0.3 is 0 Å². The van der Waals surface area contributed by atoms with Crippen LogP contribution >= 0.6 is 11.6 Å². The molecule has 4 heteroatoms. The van der Waals surface area contributed by atoms with Gasteiger partial charge in [-0.15, -0.1) is 0 Å². The van der Waals surface area contributed by atoms with Gasteiger partial charge in [0.25, 0.3) is 0 Å². The van der Waals surface area contributed by atoms with Gasteiger partial charge in [0.15, 0.2) is 0 Å². The first-order valence-electron chi connectivity index (χ1n) is 4.86. The van der Waals surface area contributed by atoms with Crippen LogP contribution in [0, 0.1) is 0 Å². The Bertz CT molecular complexity index is 375. The highest BCUT2D eigenvalue weighted by molar-refractivity contribution is 6.30. The van der Waals surface area contributed by atoms with Crippen LogP contribution in [0.15, 0.2) is 18.2 Å². The third kappa shape index (κ3) is 1.83. The SMILES string of the molecule is COc1cc(Cl)ccc1C1(N)CC(O)C1. The molecule has 15 heavy (non-hydrogen) atoms. The Kier molecular flexibility index (Phi) is 2.63. The number of methoxy groups -OCH3 is 1. The van der Waals surface area contributed by atoms with Crippen LogP contribution in [-0.2, 0) is 5.54 Å². The van der Waals surface area contributed by atoms with Crippen molar-refractivity contribution in [1.82, 2.24) is 0 Å². The third-order valence-corrected chi connectivity index (χ3v) is 3.13. The summed E-state index contributed by atoms with van der Waals surface area (Å²) < 4.78 is 5.24. The molecule has 82 valence electrons. The molecular formula is C11H14ClNO2. The molecule has 0 atom stereocenters. The minimum Gasteiger partial charge on any atom is -0.496 e. The Labute approximate surface area is 93.8 Å². The van der Waals surface area contributed by atoms with E-state index >= 15 is 0 Å². The lowest BCUT2D eigenvalue weighted by molar-refractivity contribution is 0.0199. The summed E-state index contributed by atoms with van der Waals surface area (Å²) in [5, 5.41) is 9.94. The first kappa shape index (κ1) is 10.7. The van der Waals surface area contributed by atoms with Crippen LogP contribution in [0.25, 0.3) is 0 Å². The van der Waals surface area contributed by atoms with Crippen LogP contribution in [0.4, 0.5) is 0 Å². The fraction of sp³-hybridized carbons (Fsp3) is 0.455. The van der Waals surface area contributed by atoms with E-state index in [4.69, 9.17) is 22.1 Å². The topological polar surface area (TPSA) is 55.5 Å². The van der Waals surface area contributed by atoms with Crippen molar-refractivity contribution in [3.05, 3.63) is 28.8 Å². The van der Waals surface area contributed by atoms with Crippen molar-refractivity contribution in [1.29, 1.82) is 0 Å². The molecule has 3 nitrogen and oxygen atoms in total. The van der Waals surface area contributed by atoms with Gasteiger partial charge in [-0.1, -0.05) is 17.7 Å². The average molecular weight is 228 g/mol. The zero-order chi connectivity index (χ0) is 11.1. The van der Waals surface area contributed by atoms with Crippen LogP contribution < -0.4 is 10.5 Å². The number of benzene rings is 1. The van der Waals surface area contributed by atoms with Crippen molar-refractivity contribution >= 4 is 11.6 Å². The van der Waals surface area contributed by atoms with Gasteiger partial charge in [-0.05, 0) is 25.0 Å². The molecule has 0 unspecified atom stereocenters. The molecule has 0 saturated heterocycles. The van der Waals surface area contributed by atoms with Crippen LogP contribution in [0.5, 0.6) is 5.75 Å². The predicted octanol–water partition coefficient (Wildman–Crippen LogP) is 1.66. The van der Waals surface area contributed by atoms with Crippen molar-refractivity contribution in [2.24, 2.45) is 5.73 Å². The highest BCUT2D eigenvalue weighted by atomic mass is 35.5. The Hall–Kier alpha value is -0.770. The molecule has 1 fully saturated rings. The van der Waals surface area contributed by atoms with Gasteiger partial charge in [0, 0.05) is 16.1 Å². The number of hydrogen-bond donors (Lipinski definition) is 2. The zero-order valence-corrected chi connectivity index (χ0v) is 9.29. The number of rotatable bonds is 2. The minimum atomic E-state index is -0.463. The quantitative estimate of drug-likeness (QED) is 0.808. The number of halogens is 1. The standard InChI is InChI=1S/C11H14ClNO2/c1-15-10-4-7(12)2-3-9(10)11(13)5-8(14)6-11/h2-4,8,14H,5-6,13H2,1H3. The highest BCUT2D eigenvalue weighted by Gasteiger charge is 2.43. The summed E-state index contributed by atoms with van der Waals surface area (Å²) >= 11 is 5.87. The van der Waals surface area contributed by atoms with Crippen LogP contribution in [0.2, 0.25) is 5.02 Å². The fourth-order valence-corrected chi connectivity index (χ4v) is 2.24. The summed E-state index contributed by atoms with van der Waals surface area (Å²) in [5.74, 6) is 0.692. The molecule has 2 rings (SSSR count). The van der Waals surface area contributed by atoms with Gasteiger partial charge < -0.3 is 15.6 Å². The minimum absolute atomic E-state index is 0.296. The molecule has 0 bridgehead atoms. The predicted molar refractivity (Wildman–Crippen MR) is 59.1 cm³/mol. The lowest BCUT2D eigenvalue weighted by Gasteiger charge is -2.43.